The van der Waals surface area contributed by atoms with Gasteiger partial charge in [-0.3, -0.25) is 10.00 Å². The van der Waals surface area contributed by atoms with Crippen molar-refractivity contribution in [3.8, 4) is 6.01 Å². The van der Waals surface area contributed by atoms with Gasteiger partial charge in [-0.2, -0.15) is 15.1 Å². The Balaban J connectivity index is 1.22. The molecule has 0 spiro atoms. The molecular weight excluding hydrogens is 702 g/mol. The monoisotopic (exact) mass is 761 g/mol. The van der Waals surface area contributed by atoms with Crippen LogP contribution in [0.5, 0.6) is 6.01 Å². The minimum atomic E-state index is -1.15. The van der Waals surface area contributed by atoms with E-state index in [1.807, 2.05) is 4.90 Å². The van der Waals surface area contributed by atoms with Crippen molar-refractivity contribution >= 4 is 28.4 Å². The summed E-state index contributed by atoms with van der Waals surface area (Å²) >= 11 is 0. The topological polar surface area (TPSA) is 130 Å². The van der Waals surface area contributed by atoms with Crippen LogP contribution in [-0.4, -0.2) is 107 Å². The van der Waals surface area contributed by atoms with Crippen molar-refractivity contribution < 1.29 is 28.4 Å². The predicted octanol–water partition coefficient (Wildman–Crippen LogP) is 4.87. The van der Waals surface area contributed by atoms with Gasteiger partial charge < -0.3 is 34.3 Å². The van der Waals surface area contributed by atoms with Crippen LogP contribution in [0.3, 0.4) is 0 Å². The number of likely N-dealkylation sites (tertiary alicyclic amines) is 1. The number of halogens is 1. The number of ether oxygens (including phenoxy) is 4. The molecule has 300 valence electrons. The molecule has 0 radical (unpaired) electrons. The van der Waals surface area contributed by atoms with E-state index in [4.69, 9.17) is 28.9 Å². The third-order valence-corrected chi connectivity index (χ3v) is 12.6. The van der Waals surface area contributed by atoms with E-state index in [1.165, 1.54) is 0 Å². The van der Waals surface area contributed by atoms with Crippen molar-refractivity contribution in [1.29, 1.82) is 0 Å². The predicted molar refractivity (Wildman–Crippen MR) is 210 cm³/mol. The van der Waals surface area contributed by atoms with Crippen LogP contribution in [0.4, 0.5) is 10.2 Å². The maximum absolute atomic E-state index is 17.7. The van der Waals surface area contributed by atoms with Crippen LogP contribution in [-0.2, 0) is 14.2 Å². The van der Waals surface area contributed by atoms with E-state index in [0.29, 0.717) is 48.6 Å². The van der Waals surface area contributed by atoms with E-state index in [1.54, 1.807) is 20.2 Å². The van der Waals surface area contributed by atoms with Gasteiger partial charge in [0.1, 0.15) is 28.0 Å². The SMILES string of the molecule is CCCC[C@]1(COc2nc(N3CCOC[C@@](C)(O)C3)c3c(n2)=C(F)C(c2c(C4CC4)c(C)cc4[nH]ncc24)NC=3OC)CCCN(C2C[C@@H](C)O[C@@H](C)C2)C1. The number of methoxy groups -OCH3 is 1. The van der Waals surface area contributed by atoms with E-state index in [9.17, 15) is 5.11 Å². The van der Waals surface area contributed by atoms with Gasteiger partial charge in [-0.15, -0.1) is 0 Å². The van der Waals surface area contributed by atoms with Crippen LogP contribution in [0.15, 0.2) is 12.3 Å². The number of anilines is 1. The van der Waals surface area contributed by atoms with Gasteiger partial charge in [0.25, 0.3) is 0 Å². The molecule has 2 aromatic heterocycles. The molecule has 6 heterocycles. The Labute approximate surface area is 323 Å². The lowest BCUT2D eigenvalue weighted by Gasteiger charge is -2.48. The van der Waals surface area contributed by atoms with Gasteiger partial charge in [0.15, 0.2) is 5.83 Å². The number of hydrogen-bond acceptors (Lipinski definition) is 11. The first kappa shape index (κ1) is 38.4. The van der Waals surface area contributed by atoms with Gasteiger partial charge in [0.2, 0.25) is 5.88 Å². The number of β-amino-alcohol motifs (C(OH)–C–C–N with tert-alkyl or cyclic N) is 1. The Morgan fingerprint density at radius 1 is 1.11 bits per heavy atom. The van der Waals surface area contributed by atoms with Gasteiger partial charge in [-0.05, 0) is 108 Å². The summed E-state index contributed by atoms with van der Waals surface area (Å²) in [5, 5.41) is 23.6. The Morgan fingerprint density at radius 3 is 2.65 bits per heavy atom. The number of aliphatic hydroxyl groups is 1. The number of rotatable bonds is 11. The molecule has 4 aliphatic heterocycles. The Morgan fingerprint density at radius 2 is 1.91 bits per heavy atom. The Kier molecular flexibility index (Phi) is 10.8. The van der Waals surface area contributed by atoms with Gasteiger partial charge in [-0.25, -0.2) is 4.39 Å². The van der Waals surface area contributed by atoms with Gasteiger partial charge in [0.05, 0.1) is 57.4 Å². The third-order valence-electron chi connectivity index (χ3n) is 12.6. The maximum Gasteiger partial charge on any atom is 0.319 e. The van der Waals surface area contributed by atoms with Crippen molar-refractivity contribution in [1.82, 2.24) is 30.4 Å². The van der Waals surface area contributed by atoms with Crippen molar-refractivity contribution in [3.05, 3.63) is 39.5 Å². The molecule has 0 amide bonds. The number of unbranched alkanes of at least 4 members (excludes halogenated alkanes) is 1. The minimum absolute atomic E-state index is 0.0949. The molecule has 3 saturated heterocycles. The third kappa shape index (κ3) is 7.78. The van der Waals surface area contributed by atoms with Crippen LogP contribution in [0, 0.1) is 12.3 Å². The quantitative estimate of drug-likeness (QED) is 0.248. The van der Waals surface area contributed by atoms with Crippen LogP contribution in [0.25, 0.3) is 22.6 Å². The average Bonchev–Trinajstić information content (AvgIpc) is 3.93. The number of nitrogens with one attached hydrogen (secondary N) is 2. The largest absolute Gasteiger partial charge is 0.482 e. The molecule has 1 aliphatic carbocycles. The molecule has 1 aromatic carbocycles. The van der Waals surface area contributed by atoms with Crippen LogP contribution >= 0.6 is 0 Å². The summed E-state index contributed by atoms with van der Waals surface area (Å²) in [6.07, 6.45) is 11.8. The highest BCUT2D eigenvalue weighted by Crippen LogP contribution is 2.48. The minimum Gasteiger partial charge on any atom is -0.482 e. The molecular formula is C42H60FN7O5. The number of nitrogens with zero attached hydrogens (tertiary/aromatic N) is 5. The highest BCUT2D eigenvalue weighted by atomic mass is 19.1. The Bertz CT molecular complexity index is 1990. The van der Waals surface area contributed by atoms with Crippen LogP contribution < -0.4 is 25.5 Å². The fraction of sp³-hybridized carbons (Fsp3) is 0.690. The highest BCUT2D eigenvalue weighted by molar-refractivity contribution is 5.87. The standard InChI is InChI=1S/C42H60FN7O5/c1-7-8-12-42(13-9-14-49(22-42)29-18-26(3)55-27(4)19-29)24-54-40-46-37-34(38(47-40)50-15-16-53-23-41(5,51)21-50)39(52-6)45-36(35(37)43)33-30-20-44-48-31(30)17-25(2)32(33)28-10-11-28/h17,20,26-29,36,45,51H,7-16,18-19,21-24H2,1-6H3,(H,44,48)/t26-,27+,29?,36?,41-,42-/m0/s1. The smallest absolute Gasteiger partial charge is 0.319 e. The summed E-state index contributed by atoms with van der Waals surface area (Å²) in [6.45, 7) is 14.1. The molecule has 4 fully saturated rings. The van der Waals surface area contributed by atoms with Gasteiger partial charge in [0, 0.05) is 29.9 Å². The number of aryl methyl sites for hydroxylation is 1. The summed E-state index contributed by atoms with van der Waals surface area (Å²) < 4.78 is 42.4. The van der Waals surface area contributed by atoms with E-state index >= 15 is 4.39 Å². The number of aromatic nitrogens is 4. The first-order valence-electron chi connectivity index (χ1n) is 20.6. The average molecular weight is 762 g/mol. The van der Waals surface area contributed by atoms with Gasteiger partial charge in [-0.1, -0.05) is 19.8 Å². The van der Waals surface area contributed by atoms with Gasteiger partial charge >= 0.3 is 6.01 Å². The van der Waals surface area contributed by atoms with Crippen LogP contribution in [0.1, 0.15) is 114 Å². The molecule has 0 bridgehead atoms. The number of hydrogen-bond donors (Lipinski definition) is 3. The second kappa shape index (κ2) is 15.4. The first-order valence-corrected chi connectivity index (χ1v) is 20.6. The summed E-state index contributed by atoms with van der Waals surface area (Å²) in [4.78, 5) is 14.6. The molecule has 55 heavy (non-hydrogen) atoms. The molecule has 12 nitrogen and oxygen atoms in total. The zero-order valence-corrected chi connectivity index (χ0v) is 33.5. The molecule has 3 N–H and O–H groups in total. The van der Waals surface area contributed by atoms with Crippen molar-refractivity contribution in [3.63, 3.8) is 0 Å². The van der Waals surface area contributed by atoms with Crippen molar-refractivity contribution in [2.45, 2.75) is 128 Å². The Hall–Kier alpha value is -3.52. The zero-order valence-electron chi connectivity index (χ0n) is 33.5. The van der Waals surface area contributed by atoms with E-state index in [-0.39, 0.29) is 42.1 Å². The molecule has 13 heteroatoms. The fourth-order valence-electron chi connectivity index (χ4n) is 9.94. The highest BCUT2D eigenvalue weighted by Gasteiger charge is 2.41. The molecule has 2 unspecified atom stereocenters. The number of fused-ring (bicyclic) bond motifs is 2. The lowest BCUT2D eigenvalue weighted by atomic mass is 9.75. The zero-order chi connectivity index (χ0) is 38.5. The summed E-state index contributed by atoms with van der Waals surface area (Å²) in [7, 11) is 1.58. The summed E-state index contributed by atoms with van der Waals surface area (Å²) in [5.74, 6) is 0.749. The lowest BCUT2D eigenvalue weighted by molar-refractivity contribution is -0.0825. The van der Waals surface area contributed by atoms with Crippen molar-refractivity contribution in [2.75, 3.05) is 58.0 Å². The number of piperidine rings is 1. The summed E-state index contributed by atoms with van der Waals surface area (Å²) in [5.41, 5.74) is 2.73. The number of H-pyrrole nitrogens is 1. The van der Waals surface area contributed by atoms with E-state index < -0.39 is 17.5 Å². The normalized spacial score (nSPS) is 30.6. The molecule has 6 atom stereocenters. The molecule has 5 aliphatic rings. The molecule has 3 aromatic rings. The molecule has 1 saturated carbocycles. The second-order valence-electron chi connectivity index (χ2n) is 17.5. The van der Waals surface area contributed by atoms with Crippen molar-refractivity contribution in [2.24, 2.45) is 5.41 Å². The maximum atomic E-state index is 17.7. The van der Waals surface area contributed by atoms with E-state index in [0.717, 1.165) is 98.5 Å². The van der Waals surface area contributed by atoms with Crippen LogP contribution in [0.2, 0.25) is 0 Å². The molecule has 8 rings (SSSR count). The number of benzene rings is 1. The summed E-state index contributed by atoms with van der Waals surface area (Å²) in [6, 6.07) is 1.85. The second-order valence-corrected chi connectivity index (χ2v) is 17.5. The number of aromatic amines is 1. The first-order chi connectivity index (χ1) is 26.5. The van der Waals surface area contributed by atoms with E-state index in [2.05, 4.69) is 54.2 Å². The fourth-order valence-corrected chi connectivity index (χ4v) is 9.94. The lowest BCUT2D eigenvalue weighted by Crippen LogP contribution is -2.53.